The van der Waals surface area contributed by atoms with Crippen molar-refractivity contribution in [1.29, 1.82) is 0 Å². The van der Waals surface area contributed by atoms with Gasteiger partial charge in [0.15, 0.2) is 0 Å². The lowest BCUT2D eigenvalue weighted by atomic mass is 10.1. The fourth-order valence-corrected chi connectivity index (χ4v) is 0.528. The number of nitrogens with zero attached hydrogens (tertiary/aromatic N) is 2. The molecule has 0 N–H and O–H groups in total. The number of rotatable bonds is 3. The van der Waals surface area contributed by atoms with Crippen LogP contribution in [-0.2, 0) is 0 Å². The Kier molecular flexibility index (Phi) is 4.46. The fraction of sp³-hybridized carbons (Fsp3) is 0.500. The Bertz CT molecular complexity index is 157. The van der Waals surface area contributed by atoms with Crippen molar-refractivity contribution < 1.29 is 0 Å². The fourth-order valence-electron chi connectivity index (χ4n) is 0.528. The van der Waals surface area contributed by atoms with Gasteiger partial charge >= 0.3 is 0 Å². The zero-order valence-electron chi connectivity index (χ0n) is 6.83. The molecule has 2 heteroatoms. The maximum Gasteiger partial charge on any atom is 0.0338 e. The SMILES string of the molecule is C=N/N=C\C(C)/C(C)=C\C. The van der Waals surface area contributed by atoms with Crippen LogP contribution in [0.1, 0.15) is 20.8 Å². The summed E-state index contributed by atoms with van der Waals surface area (Å²) in [7, 11) is 0. The van der Waals surface area contributed by atoms with Crippen LogP contribution >= 0.6 is 0 Å². The lowest BCUT2D eigenvalue weighted by Gasteiger charge is -2.02. The lowest BCUT2D eigenvalue weighted by molar-refractivity contribution is 0.923. The number of allylic oxidation sites excluding steroid dienone is 2. The maximum atomic E-state index is 3.69. The minimum absolute atomic E-state index is 0.371. The Morgan fingerprint density at radius 1 is 1.60 bits per heavy atom. The minimum atomic E-state index is 0.371. The van der Waals surface area contributed by atoms with Crippen molar-refractivity contribution in [2.24, 2.45) is 16.1 Å². The summed E-state index contributed by atoms with van der Waals surface area (Å²) in [5.41, 5.74) is 1.30. The number of hydrogen-bond donors (Lipinski definition) is 0. The van der Waals surface area contributed by atoms with Gasteiger partial charge < -0.3 is 0 Å². The molecule has 0 rings (SSSR count). The van der Waals surface area contributed by atoms with Crippen LogP contribution in [0.2, 0.25) is 0 Å². The quantitative estimate of drug-likeness (QED) is 0.325. The highest BCUT2D eigenvalue weighted by Gasteiger charge is 1.96. The highest BCUT2D eigenvalue weighted by Crippen LogP contribution is 2.05. The topological polar surface area (TPSA) is 24.7 Å². The van der Waals surface area contributed by atoms with E-state index in [0.29, 0.717) is 5.92 Å². The highest BCUT2D eigenvalue weighted by atomic mass is 15.2. The standard InChI is InChI=1S/C8H14N2/c1-5-7(2)8(3)6-10-9-4/h5-6,8H,4H2,1-3H3/b7-5-,10-6-. The van der Waals surface area contributed by atoms with E-state index in [1.54, 1.807) is 6.21 Å². The number of hydrogen-bond acceptors (Lipinski definition) is 2. The molecule has 0 saturated carbocycles. The van der Waals surface area contributed by atoms with Crippen LogP contribution in [0, 0.1) is 5.92 Å². The maximum absolute atomic E-state index is 3.69. The van der Waals surface area contributed by atoms with Crippen LogP contribution in [0.25, 0.3) is 0 Å². The van der Waals surface area contributed by atoms with E-state index in [1.165, 1.54) is 5.57 Å². The Morgan fingerprint density at radius 3 is 2.60 bits per heavy atom. The summed E-state index contributed by atoms with van der Waals surface area (Å²) >= 11 is 0. The Morgan fingerprint density at radius 2 is 2.20 bits per heavy atom. The second-order valence-electron chi connectivity index (χ2n) is 2.23. The van der Waals surface area contributed by atoms with Crippen molar-refractivity contribution in [3.8, 4) is 0 Å². The van der Waals surface area contributed by atoms with E-state index in [2.05, 4.69) is 36.8 Å². The summed E-state index contributed by atoms with van der Waals surface area (Å²) < 4.78 is 0. The molecule has 0 fully saturated rings. The third-order valence-corrected chi connectivity index (χ3v) is 1.55. The Balaban J connectivity index is 3.95. The van der Waals surface area contributed by atoms with Gasteiger partial charge in [0.25, 0.3) is 0 Å². The largest absolute Gasteiger partial charge is 0.167 e. The van der Waals surface area contributed by atoms with E-state index in [1.807, 2.05) is 6.92 Å². The Labute approximate surface area is 62.4 Å². The molecular weight excluding hydrogens is 124 g/mol. The Hall–Kier alpha value is -0.920. The van der Waals surface area contributed by atoms with Crippen LogP contribution in [0.5, 0.6) is 0 Å². The van der Waals surface area contributed by atoms with Gasteiger partial charge in [-0.25, -0.2) is 0 Å². The summed E-state index contributed by atoms with van der Waals surface area (Å²) in [5, 5.41) is 7.07. The second kappa shape index (κ2) is 4.91. The molecule has 0 saturated heterocycles. The van der Waals surface area contributed by atoms with Crippen molar-refractivity contribution in [3.05, 3.63) is 11.6 Å². The molecule has 1 atom stereocenters. The zero-order valence-corrected chi connectivity index (χ0v) is 6.83. The summed E-state index contributed by atoms with van der Waals surface area (Å²) in [4.78, 5) is 0. The summed E-state index contributed by atoms with van der Waals surface area (Å²) in [6.45, 7) is 9.41. The monoisotopic (exact) mass is 138 g/mol. The molecule has 0 aromatic carbocycles. The van der Waals surface area contributed by atoms with Gasteiger partial charge in [0.2, 0.25) is 0 Å². The van der Waals surface area contributed by atoms with E-state index in [-0.39, 0.29) is 0 Å². The third kappa shape index (κ3) is 3.17. The first kappa shape index (κ1) is 9.08. The molecule has 0 heterocycles. The molecule has 0 aliphatic rings. The van der Waals surface area contributed by atoms with Crippen molar-refractivity contribution in [1.82, 2.24) is 0 Å². The lowest BCUT2D eigenvalue weighted by Crippen LogP contribution is -1.96. The summed E-state index contributed by atoms with van der Waals surface area (Å²) in [6, 6.07) is 0. The van der Waals surface area contributed by atoms with Crippen LogP contribution in [-0.4, -0.2) is 12.9 Å². The van der Waals surface area contributed by atoms with Gasteiger partial charge in [0.05, 0.1) is 0 Å². The van der Waals surface area contributed by atoms with E-state index in [4.69, 9.17) is 0 Å². The van der Waals surface area contributed by atoms with Crippen LogP contribution in [0.15, 0.2) is 21.9 Å². The van der Waals surface area contributed by atoms with E-state index >= 15 is 0 Å². The van der Waals surface area contributed by atoms with E-state index in [9.17, 15) is 0 Å². The van der Waals surface area contributed by atoms with Crippen molar-refractivity contribution >= 4 is 12.9 Å². The average Bonchev–Trinajstić information content (AvgIpc) is 1.98. The van der Waals surface area contributed by atoms with Crippen LogP contribution in [0.3, 0.4) is 0 Å². The van der Waals surface area contributed by atoms with Gasteiger partial charge in [-0.3, -0.25) is 0 Å². The minimum Gasteiger partial charge on any atom is -0.167 e. The van der Waals surface area contributed by atoms with Crippen molar-refractivity contribution in [2.45, 2.75) is 20.8 Å². The second-order valence-corrected chi connectivity index (χ2v) is 2.23. The highest BCUT2D eigenvalue weighted by molar-refractivity contribution is 5.64. The van der Waals surface area contributed by atoms with E-state index < -0.39 is 0 Å². The van der Waals surface area contributed by atoms with E-state index in [0.717, 1.165) is 0 Å². The molecule has 10 heavy (non-hydrogen) atoms. The van der Waals surface area contributed by atoms with Gasteiger partial charge in [-0.2, -0.15) is 10.2 Å². The molecule has 0 aromatic heterocycles. The van der Waals surface area contributed by atoms with Gasteiger partial charge in [-0.15, -0.1) is 0 Å². The average molecular weight is 138 g/mol. The summed E-state index contributed by atoms with van der Waals surface area (Å²) in [6.07, 6.45) is 3.85. The van der Waals surface area contributed by atoms with Crippen molar-refractivity contribution in [2.75, 3.05) is 0 Å². The van der Waals surface area contributed by atoms with Gasteiger partial charge in [0, 0.05) is 18.9 Å². The van der Waals surface area contributed by atoms with Crippen LogP contribution < -0.4 is 0 Å². The first-order chi connectivity index (χ1) is 4.72. The molecule has 0 aliphatic carbocycles. The molecule has 0 bridgehead atoms. The smallest absolute Gasteiger partial charge is 0.0338 e. The van der Waals surface area contributed by atoms with Crippen LogP contribution in [0.4, 0.5) is 0 Å². The summed E-state index contributed by atoms with van der Waals surface area (Å²) in [5.74, 6) is 0.371. The third-order valence-electron chi connectivity index (χ3n) is 1.55. The molecule has 0 spiro atoms. The molecule has 2 nitrogen and oxygen atoms in total. The van der Waals surface area contributed by atoms with Crippen molar-refractivity contribution in [3.63, 3.8) is 0 Å². The van der Waals surface area contributed by atoms with Gasteiger partial charge in [0.1, 0.15) is 0 Å². The molecule has 0 radical (unpaired) electrons. The first-order valence-electron chi connectivity index (χ1n) is 3.34. The molecule has 56 valence electrons. The molecule has 0 aliphatic heterocycles. The molecule has 0 aromatic rings. The molecule has 1 unspecified atom stereocenters. The normalized spacial score (nSPS) is 15.7. The molecule has 0 amide bonds. The van der Waals surface area contributed by atoms with Gasteiger partial charge in [-0.1, -0.05) is 18.6 Å². The molecular formula is C8H14N2. The first-order valence-corrected chi connectivity index (χ1v) is 3.34. The zero-order chi connectivity index (χ0) is 7.98. The van der Waals surface area contributed by atoms with Gasteiger partial charge in [-0.05, 0) is 13.8 Å². The predicted molar refractivity (Wildman–Crippen MR) is 46.6 cm³/mol. The predicted octanol–water partition coefficient (Wildman–Crippen LogP) is 2.28.